The van der Waals surface area contributed by atoms with E-state index in [0.29, 0.717) is 17.9 Å². The van der Waals surface area contributed by atoms with Crippen molar-refractivity contribution in [3.05, 3.63) is 65.9 Å². The summed E-state index contributed by atoms with van der Waals surface area (Å²) in [5.74, 6) is 0.589. The number of hydrogen-bond donors (Lipinski definition) is 0. The largest absolute Gasteiger partial charge is 0.343 e. The molecule has 6 nitrogen and oxygen atoms in total. The van der Waals surface area contributed by atoms with Crippen LogP contribution in [0.15, 0.2) is 53.5 Å². The third-order valence-corrected chi connectivity index (χ3v) is 4.95. The van der Waals surface area contributed by atoms with E-state index < -0.39 is 0 Å². The summed E-state index contributed by atoms with van der Waals surface area (Å²) in [5.41, 5.74) is 3.48. The molecular formula is C20H20N4O2. The topological polar surface area (TPSA) is 72.1 Å². The molecule has 1 aromatic carbocycles. The van der Waals surface area contributed by atoms with Gasteiger partial charge in [0, 0.05) is 23.9 Å². The van der Waals surface area contributed by atoms with Crippen LogP contribution in [0.3, 0.4) is 0 Å². The molecule has 4 rings (SSSR count). The van der Waals surface area contributed by atoms with Gasteiger partial charge in [0.1, 0.15) is 0 Å². The van der Waals surface area contributed by atoms with E-state index in [1.165, 1.54) is 6.39 Å². The van der Waals surface area contributed by atoms with E-state index >= 15 is 0 Å². The smallest absolute Gasteiger partial charge is 0.254 e. The molecule has 0 aliphatic carbocycles. The number of benzene rings is 1. The van der Waals surface area contributed by atoms with Crippen LogP contribution in [0.2, 0.25) is 0 Å². The molecular weight excluding hydrogens is 328 g/mol. The normalized spacial score (nSPS) is 17.3. The Morgan fingerprint density at radius 3 is 2.85 bits per heavy atom. The Morgan fingerprint density at radius 2 is 2.08 bits per heavy atom. The van der Waals surface area contributed by atoms with Crippen LogP contribution >= 0.6 is 0 Å². The summed E-state index contributed by atoms with van der Waals surface area (Å²) >= 11 is 0. The number of carbonyl (C=O) groups excluding carboxylic acids is 1. The molecule has 6 heteroatoms. The number of nitrogens with zero attached hydrogens (tertiary/aromatic N) is 4. The predicted octanol–water partition coefficient (Wildman–Crippen LogP) is 3.81. The highest BCUT2D eigenvalue weighted by Gasteiger charge is 2.32. The van der Waals surface area contributed by atoms with Gasteiger partial charge in [0.05, 0.1) is 11.7 Å². The van der Waals surface area contributed by atoms with E-state index in [2.05, 4.69) is 15.1 Å². The fourth-order valence-electron chi connectivity index (χ4n) is 3.59. The molecule has 0 N–H and O–H groups in total. The van der Waals surface area contributed by atoms with Gasteiger partial charge in [-0.25, -0.2) is 0 Å². The van der Waals surface area contributed by atoms with Crippen molar-refractivity contribution < 1.29 is 9.32 Å². The van der Waals surface area contributed by atoms with Gasteiger partial charge >= 0.3 is 0 Å². The summed E-state index contributed by atoms with van der Waals surface area (Å²) < 4.78 is 4.89. The second-order valence-electron chi connectivity index (χ2n) is 6.49. The van der Waals surface area contributed by atoms with Gasteiger partial charge < -0.3 is 9.42 Å². The van der Waals surface area contributed by atoms with Crippen molar-refractivity contribution in [3.8, 4) is 11.3 Å². The first-order chi connectivity index (χ1) is 12.8. The van der Waals surface area contributed by atoms with Gasteiger partial charge in [-0.3, -0.25) is 9.78 Å². The van der Waals surface area contributed by atoms with Gasteiger partial charge in [0.25, 0.3) is 5.91 Å². The lowest BCUT2D eigenvalue weighted by Gasteiger charge is -2.34. The van der Waals surface area contributed by atoms with Crippen LogP contribution < -0.4 is 0 Å². The van der Waals surface area contributed by atoms with E-state index in [1.54, 1.807) is 6.20 Å². The third kappa shape index (κ3) is 2.98. The quantitative estimate of drug-likeness (QED) is 0.720. The summed E-state index contributed by atoms with van der Waals surface area (Å²) in [4.78, 5) is 23.8. The minimum atomic E-state index is -0.132. The Labute approximate surface area is 151 Å². The first kappa shape index (κ1) is 16.4. The number of hydrogen-bond acceptors (Lipinski definition) is 5. The molecule has 0 spiro atoms. The average Bonchev–Trinajstić information content (AvgIpc) is 3.23. The highest BCUT2D eigenvalue weighted by molar-refractivity contribution is 5.97. The molecule has 1 atom stereocenters. The second kappa shape index (κ2) is 7.07. The Bertz CT molecular complexity index is 893. The molecule has 0 radical (unpaired) electrons. The number of piperidine rings is 1. The molecule has 1 aliphatic heterocycles. The minimum Gasteiger partial charge on any atom is -0.343 e. The Kier molecular flexibility index (Phi) is 4.48. The maximum absolute atomic E-state index is 13.3. The van der Waals surface area contributed by atoms with Crippen molar-refractivity contribution in [1.82, 2.24) is 20.0 Å². The number of carbonyl (C=O) groups is 1. The van der Waals surface area contributed by atoms with Crippen LogP contribution in [0.1, 0.15) is 47.1 Å². The van der Waals surface area contributed by atoms with Crippen molar-refractivity contribution in [1.29, 1.82) is 0 Å². The molecule has 2 aromatic heterocycles. The number of likely N-dealkylation sites (tertiary alicyclic amines) is 1. The van der Waals surface area contributed by atoms with Gasteiger partial charge in [0.15, 0.2) is 5.82 Å². The molecule has 1 fully saturated rings. The third-order valence-electron chi connectivity index (χ3n) is 4.95. The van der Waals surface area contributed by atoms with Crippen LogP contribution in [0.25, 0.3) is 11.3 Å². The Balaban J connectivity index is 1.69. The summed E-state index contributed by atoms with van der Waals surface area (Å²) in [6.07, 6.45) is 5.97. The molecule has 3 aromatic rings. The fraction of sp³-hybridized carbons (Fsp3) is 0.300. The summed E-state index contributed by atoms with van der Waals surface area (Å²) in [6.45, 7) is 2.68. The van der Waals surface area contributed by atoms with E-state index in [0.717, 1.165) is 36.1 Å². The number of aromatic nitrogens is 3. The molecule has 0 bridgehead atoms. The fourth-order valence-corrected chi connectivity index (χ4v) is 3.59. The first-order valence-corrected chi connectivity index (χ1v) is 8.84. The van der Waals surface area contributed by atoms with Gasteiger partial charge in [-0.1, -0.05) is 23.4 Å². The second-order valence-corrected chi connectivity index (χ2v) is 6.49. The molecule has 0 saturated carbocycles. The van der Waals surface area contributed by atoms with Crippen LogP contribution in [0, 0.1) is 6.92 Å². The molecule has 1 aliphatic rings. The van der Waals surface area contributed by atoms with E-state index in [-0.39, 0.29) is 11.9 Å². The zero-order valence-corrected chi connectivity index (χ0v) is 14.6. The lowest BCUT2D eigenvalue weighted by atomic mass is 9.96. The molecule has 3 heterocycles. The maximum Gasteiger partial charge on any atom is 0.254 e. The number of rotatable bonds is 3. The standard InChI is InChI=1S/C20H20N4O2/c1-14-15(17-9-2-4-11-21-17)7-6-8-16(14)20(25)24-12-5-3-10-18(24)19-22-13-26-23-19/h2,4,6-9,11,13,18H,3,5,10,12H2,1H3. The molecule has 26 heavy (non-hydrogen) atoms. The van der Waals surface area contributed by atoms with E-state index in [1.807, 2.05) is 48.2 Å². The van der Waals surface area contributed by atoms with Gasteiger partial charge in [0.2, 0.25) is 6.39 Å². The predicted molar refractivity (Wildman–Crippen MR) is 96.3 cm³/mol. The molecule has 1 amide bonds. The van der Waals surface area contributed by atoms with Gasteiger partial charge in [-0.15, -0.1) is 0 Å². The highest BCUT2D eigenvalue weighted by atomic mass is 16.5. The summed E-state index contributed by atoms with van der Waals surface area (Å²) in [7, 11) is 0. The average molecular weight is 348 g/mol. The van der Waals surface area contributed by atoms with Gasteiger partial charge in [-0.2, -0.15) is 4.98 Å². The zero-order valence-electron chi connectivity index (χ0n) is 14.6. The molecule has 1 unspecified atom stereocenters. The van der Waals surface area contributed by atoms with Crippen molar-refractivity contribution in [2.75, 3.05) is 6.54 Å². The summed E-state index contributed by atoms with van der Waals surface area (Å²) in [6, 6.07) is 11.5. The van der Waals surface area contributed by atoms with Crippen LogP contribution in [0.4, 0.5) is 0 Å². The lowest BCUT2D eigenvalue weighted by molar-refractivity contribution is 0.0596. The number of amides is 1. The lowest BCUT2D eigenvalue weighted by Crippen LogP contribution is -2.39. The van der Waals surface area contributed by atoms with Crippen molar-refractivity contribution in [2.45, 2.75) is 32.2 Å². The van der Waals surface area contributed by atoms with Crippen LogP contribution in [-0.4, -0.2) is 32.5 Å². The maximum atomic E-state index is 13.3. The van der Waals surface area contributed by atoms with Crippen LogP contribution in [-0.2, 0) is 0 Å². The number of pyridine rings is 1. The molecule has 1 saturated heterocycles. The highest BCUT2D eigenvalue weighted by Crippen LogP contribution is 2.32. The van der Waals surface area contributed by atoms with Crippen LogP contribution in [0.5, 0.6) is 0 Å². The van der Waals surface area contributed by atoms with Crippen molar-refractivity contribution in [3.63, 3.8) is 0 Å². The van der Waals surface area contributed by atoms with E-state index in [4.69, 9.17) is 4.52 Å². The van der Waals surface area contributed by atoms with Crippen molar-refractivity contribution >= 4 is 5.91 Å². The SMILES string of the molecule is Cc1c(C(=O)N2CCCCC2c2ncon2)cccc1-c1ccccn1. The summed E-state index contributed by atoms with van der Waals surface area (Å²) in [5, 5.41) is 3.96. The molecule has 132 valence electrons. The minimum absolute atomic E-state index is 0.00906. The van der Waals surface area contributed by atoms with E-state index in [9.17, 15) is 4.79 Å². The Hall–Kier alpha value is -3.02. The monoisotopic (exact) mass is 348 g/mol. The zero-order chi connectivity index (χ0) is 17.9. The van der Waals surface area contributed by atoms with Gasteiger partial charge in [-0.05, 0) is 49.9 Å². The van der Waals surface area contributed by atoms with Crippen molar-refractivity contribution in [2.24, 2.45) is 0 Å². The Morgan fingerprint density at radius 1 is 1.15 bits per heavy atom. The first-order valence-electron chi connectivity index (χ1n) is 8.84.